The molecule has 38 heavy (non-hydrogen) atoms. The molecule has 1 aliphatic rings. The largest absolute Gasteiger partial charge is 0.463 e. The number of benzene rings is 1. The van der Waals surface area contributed by atoms with Crippen molar-refractivity contribution in [3.8, 4) is 0 Å². The smallest absolute Gasteiger partial charge is 0.303 e. The van der Waals surface area contributed by atoms with E-state index in [9.17, 15) is 19.5 Å². The highest BCUT2D eigenvalue weighted by atomic mass is 35.5. The van der Waals surface area contributed by atoms with Crippen LogP contribution in [0, 0.1) is 0 Å². The van der Waals surface area contributed by atoms with E-state index in [4.69, 9.17) is 42.1 Å². The van der Waals surface area contributed by atoms with Crippen molar-refractivity contribution in [3.05, 3.63) is 40.1 Å². The Bertz CT molecular complexity index is 1150. The quantitative estimate of drug-likeness (QED) is 0.318. The van der Waals surface area contributed by atoms with Crippen LogP contribution >= 0.6 is 35.0 Å². The topological polar surface area (TPSA) is 139 Å². The maximum absolute atomic E-state index is 12.2. The van der Waals surface area contributed by atoms with Crippen LogP contribution in [0.15, 0.2) is 29.3 Å². The molecule has 208 valence electrons. The van der Waals surface area contributed by atoms with E-state index >= 15 is 0 Å². The number of hydrogen-bond acceptors (Lipinski definition) is 11. The molecule has 1 unspecified atom stereocenters. The third kappa shape index (κ3) is 7.82. The molecule has 0 amide bonds. The lowest BCUT2D eigenvalue weighted by atomic mass is 9.96. The second-order valence-corrected chi connectivity index (χ2v) is 10.6. The number of rotatable bonds is 10. The van der Waals surface area contributed by atoms with Gasteiger partial charge in [-0.3, -0.25) is 14.4 Å². The molecule has 1 fully saturated rings. The van der Waals surface area contributed by atoms with Crippen molar-refractivity contribution in [1.82, 2.24) is 15.0 Å². The van der Waals surface area contributed by atoms with E-state index in [1.54, 1.807) is 18.2 Å². The first-order valence-electron chi connectivity index (χ1n) is 11.8. The van der Waals surface area contributed by atoms with Crippen LogP contribution in [-0.2, 0) is 33.3 Å². The second kappa shape index (κ2) is 13.6. The number of hydrogen-bond donors (Lipinski definition) is 1. The monoisotopic (exact) mass is 589 g/mol. The number of aliphatic hydroxyl groups is 1. The average molecular weight is 590 g/mol. The maximum Gasteiger partial charge on any atom is 0.303 e. The predicted molar refractivity (Wildman–Crippen MR) is 138 cm³/mol. The number of ether oxygens (including phenoxy) is 4. The van der Waals surface area contributed by atoms with E-state index in [0.717, 1.165) is 0 Å². The highest BCUT2D eigenvalue weighted by molar-refractivity contribution is 7.99. The molecule has 3 rings (SSSR count). The van der Waals surface area contributed by atoms with E-state index in [-0.39, 0.29) is 6.61 Å². The van der Waals surface area contributed by atoms with Crippen LogP contribution in [0.4, 0.5) is 0 Å². The zero-order chi connectivity index (χ0) is 28.0. The van der Waals surface area contributed by atoms with Gasteiger partial charge >= 0.3 is 17.9 Å². The third-order valence-corrected chi connectivity index (χ3v) is 7.43. The van der Waals surface area contributed by atoms with Crippen molar-refractivity contribution in [1.29, 1.82) is 0 Å². The molecule has 0 saturated carbocycles. The number of aromatic nitrogens is 3. The van der Waals surface area contributed by atoms with Crippen molar-refractivity contribution < 1.29 is 38.4 Å². The Morgan fingerprint density at radius 2 is 1.79 bits per heavy atom. The normalized spacial score (nSPS) is 23.9. The molecule has 2 aromatic rings. The molecule has 0 spiro atoms. The summed E-state index contributed by atoms with van der Waals surface area (Å²) in [6, 6.07) is 4.01. The highest BCUT2D eigenvalue weighted by Gasteiger charge is 2.52. The zero-order valence-electron chi connectivity index (χ0n) is 21.2. The van der Waals surface area contributed by atoms with Gasteiger partial charge in [0.2, 0.25) is 0 Å². The minimum absolute atomic E-state index is 0.255. The van der Waals surface area contributed by atoms with Crippen LogP contribution in [0.2, 0.25) is 10.0 Å². The molecule has 0 bridgehead atoms. The Morgan fingerprint density at radius 1 is 1.11 bits per heavy atom. The molecule has 6 atom stereocenters. The second-order valence-electron chi connectivity index (χ2n) is 8.61. The molecule has 14 heteroatoms. The number of nitrogens with zero attached hydrogens (tertiary/aromatic N) is 3. The van der Waals surface area contributed by atoms with Crippen LogP contribution < -0.4 is 0 Å². The Hall–Kier alpha value is -2.38. The molecule has 0 aliphatic carbocycles. The summed E-state index contributed by atoms with van der Waals surface area (Å²) in [6.07, 6.45) is -1.31. The van der Waals surface area contributed by atoms with Gasteiger partial charge in [-0.2, -0.15) is 0 Å². The molecular weight excluding hydrogens is 561 g/mol. The highest BCUT2D eigenvalue weighted by Crippen LogP contribution is 2.42. The summed E-state index contributed by atoms with van der Waals surface area (Å²) in [5.74, 6) is -1.82. The average Bonchev–Trinajstić information content (AvgIpc) is 3.31. The Kier molecular flexibility index (Phi) is 10.8. The van der Waals surface area contributed by atoms with Gasteiger partial charge in [0, 0.05) is 25.7 Å². The van der Waals surface area contributed by atoms with Crippen LogP contribution in [-0.4, -0.2) is 68.4 Å². The number of aliphatic hydroxyl groups excluding tert-OH is 1. The van der Waals surface area contributed by atoms with Gasteiger partial charge in [-0.1, -0.05) is 53.5 Å². The fraction of sp³-hybridized carbons (Fsp3) is 0.542. The van der Waals surface area contributed by atoms with E-state index < -0.39 is 53.8 Å². The number of halogens is 2. The summed E-state index contributed by atoms with van der Waals surface area (Å²) in [5.41, 5.74) is -0.589. The summed E-state index contributed by atoms with van der Waals surface area (Å²) in [6.45, 7) is 5.36. The first-order chi connectivity index (χ1) is 18.0. The summed E-state index contributed by atoms with van der Waals surface area (Å²) in [4.78, 5) is 36.6. The maximum atomic E-state index is 12.2. The third-order valence-electron chi connectivity index (χ3n) is 5.55. The zero-order valence-corrected chi connectivity index (χ0v) is 23.5. The molecule has 1 aromatic carbocycles. The summed E-state index contributed by atoms with van der Waals surface area (Å²) >= 11 is 13.4. The van der Waals surface area contributed by atoms with Gasteiger partial charge in [-0.05, 0) is 24.6 Å². The summed E-state index contributed by atoms with van der Waals surface area (Å²) < 4.78 is 24.1. The van der Waals surface area contributed by atoms with Gasteiger partial charge in [0.25, 0.3) is 0 Å². The van der Waals surface area contributed by atoms with Gasteiger partial charge in [0.1, 0.15) is 29.9 Å². The van der Waals surface area contributed by atoms with Crippen molar-refractivity contribution in [3.63, 3.8) is 0 Å². The van der Waals surface area contributed by atoms with Crippen LogP contribution in [0.1, 0.15) is 58.4 Å². The van der Waals surface area contributed by atoms with Gasteiger partial charge in [-0.25, -0.2) is 4.68 Å². The lowest BCUT2D eigenvalue weighted by Gasteiger charge is -2.44. The van der Waals surface area contributed by atoms with Crippen molar-refractivity contribution in [2.45, 2.75) is 81.3 Å². The predicted octanol–water partition coefficient (Wildman–Crippen LogP) is 3.90. The van der Waals surface area contributed by atoms with E-state index in [2.05, 4.69) is 10.3 Å². The van der Waals surface area contributed by atoms with Gasteiger partial charge in [0.15, 0.2) is 12.2 Å². The Labute approximate surface area is 234 Å². The number of esters is 3. The molecular formula is C24H29Cl2N3O8S. The van der Waals surface area contributed by atoms with E-state index in [1.165, 1.54) is 43.4 Å². The lowest BCUT2D eigenvalue weighted by molar-refractivity contribution is -0.212. The van der Waals surface area contributed by atoms with Crippen LogP contribution in [0.5, 0.6) is 0 Å². The number of carbonyl (C=O) groups is 3. The van der Waals surface area contributed by atoms with Crippen molar-refractivity contribution in [2.24, 2.45) is 0 Å². The number of carbonyl (C=O) groups excluding carboxylic acids is 3. The molecule has 1 saturated heterocycles. The first kappa shape index (κ1) is 30.2. The molecule has 1 N–H and O–H groups in total. The van der Waals surface area contributed by atoms with Gasteiger partial charge in [-0.15, -0.1) is 5.10 Å². The fourth-order valence-electron chi connectivity index (χ4n) is 3.97. The minimum atomic E-state index is -1.10. The van der Waals surface area contributed by atoms with E-state index in [0.29, 0.717) is 33.5 Å². The summed E-state index contributed by atoms with van der Waals surface area (Å²) in [7, 11) is 0. The summed E-state index contributed by atoms with van der Waals surface area (Å²) in [5, 5.41) is 19.4. The van der Waals surface area contributed by atoms with E-state index in [1.807, 2.05) is 6.92 Å². The standard InChI is InChI=1S/C24H29Cl2N3O8S/c1-5-6-19(33)18-10-29(28-27-18)21-22(35-13(3)31)20(11-34-12(2)30)37-24(23(21)36-14(4)32)38-15-7-8-16(25)17(26)9-15/h7-10,19-24,33H,5-6,11H2,1-4H3/t19?,20-,21+,22+,23-,24-/m1/s1. The van der Waals surface area contributed by atoms with Gasteiger partial charge < -0.3 is 24.1 Å². The van der Waals surface area contributed by atoms with Crippen molar-refractivity contribution >= 4 is 52.9 Å². The van der Waals surface area contributed by atoms with Crippen LogP contribution in [0.3, 0.4) is 0 Å². The first-order valence-corrected chi connectivity index (χ1v) is 13.5. The van der Waals surface area contributed by atoms with Gasteiger partial charge in [0.05, 0.1) is 22.3 Å². The SMILES string of the molecule is CCCC(O)c1cn([C@@H]2[C@@H](OC(C)=O)[C@@H](Sc3ccc(Cl)c(Cl)c3)O[C@H](COC(C)=O)[C@@H]2OC(C)=O)nn1. The Morgan fingerprint density at radius 3 is 2.39 bits per heavy atom. The Balaban J connectivity index is 2.09. The van der Waals surface area contributed by atoms with Crippen LogP contribution in [0.25, 0.3) is 0 Å². The number of thioether (sulfide) groups is 1. The molecule has 11 nitrogen and oxygen atoms in total. The fourth-order valence-corrected chi connectivity index (χ4v) is 5.49. The lowest BCUT2D eigenvalue weighted by Crippen LogP contribution is -2.57. The molecule has 0 radical (unpaired) electrons. The molecule has 1 aliphatic heterocycles. The molecule has 2 heterocycles. The molecule has 1 aromatic heterocycles. The van der Waals surface area contributed by atoms with Crippen molar-refractivity contribution in [2.75, 3.05) is 6.61 Å². The minimum Gasteiger partial charge on any atom is -0.463 e.